The molecule has 1 N–H and O–H groups in total. The molecule has 200 valence electrons. The zero-order valence-electron chi connectivity index (χ0n) is 18.8. The van der Waals surface area contributed by atoms with Crippen LogP contribution < -0.4 is 5.56 Å². The summed E-state index contributed by atoms with van der Waals surface area (Å²) in [5, 5.41) is 8.80. The van der Waals surface area contributed by atoms with Crippen LogP contribution in [0.1, 0.15) is 22.5 Å². The van der Waals surface area contributed by atoms with Crippen molar-refractivity contribution in [3.63, 3.8) is 0 Å². The highest BCUT2D eigenvalue weighted by atomic mass is 19.4. The normalized spacial score (nSPS) is 13.2. The van der Waals surface area contributed by atoms with Gasteiger partial charge in [0.1, 0.15) is 5.82 Å². The third-order valence-corrected chi connectivity index (χ3v) is 5.84. The molecule has 3 aromatic carbocycles. The standard InChI is InChI=1S/C25H15F9N2O2/c26-23(27,28)17-7-4-8-18-20(17)21(37)36(19(35-18)13-14-5-2-1-3-6-14)16-11-9-15(10-12-16)22(38,24(29,30)31)25(32,33)34/h1-12,38H,13H2. The summed E-state index contributed by atoms with van der Waals surface area (Å²) in [5.41, 5.74) is -9.45. The molecule has 0 atom stereocenters. The first-order chi connectivity index (χ1) is 17.6. The van der Waals surface area contributed by atoms with Crippen LogP contribution in [0.2, 0.25) is 0 Å². The fraction of sp³-hybridized carbons (Fsp3) is 0.200. The van der Waals surface area contributed by atoms with Crippen LogP contribution in [0, 0.1) is 0 Å². The molecule has 13 heteroatoms. The minimum Gasteiger partial charge on any atom is -0.369 e. The Morgan fingerprint density at radius 1 is 0.737 bits per heavy atom. The quantitative estimate of drug-likeness (QED) is 0.306. The van der Waals surface area contributed by atoms with E-state index in [9.17, 15) is 49.4 Å². The maximum atomic E-state index is 13.7. The van der Waals surface area contributed by atoms with Crippen molar-refractivity contribution in [2.24, 2.45) is 0 Å². The van der Waals surface area contributed by atoms with E-state index in [4.69, 9.17) is 0 Å². The highest BCUT2D eigenvalue weighted by molar-refractivity contribution is 5.82. The van der Waals surface area contributed by atoms with Crippen molar-refractivity contribution >= 4 is 10.9 Å². The second kappa shape index (κ2) is 9.15. The van der Waals surface area contributed by atoms with E-state index in [0.717, 1.165) is 6.07 Å². The number of aromatic nitrogens is 2. The minimum atomic E-state index is -6.14. The van der Waals surface area contributed by atoms with E-state index in [1.807, 2.05) is 0 Å². The zero-order valence-corrected chi connectivity index (χ0v) is 18.8. The second-order valence-electron chi connectivity index (χ2n) is 8.28. The van der Waals surface area contributed by atoms with Crippen molar-refractivity contribution < 1.29 is 44.6 Å². The van der Waals surface area contributed by atoms with Crippen molar-refractivity contribution in [2.75, 3.05) is 0 Å². The van der Waals surface area contributed by atoms with E-state index < -0.39 is 46.2 Å². The molecule has 0 fully saturated rings. The molecule has 0 aliphatic carbocycles. The Balaban J connectivity index is 1.98. The van der Waals surface area contributed by atoms with Crippen molar-refractivity contribution in [2.45, 2.75) is 30.6 Å². The zero-order chi connectivity index (χ0) is 28.1. The predicted octanol–water partition coefficient (Wildman–Crippen LogP) is 6.31. The number of halogens is 9. The van der Waals surface area contributed by atoms with Crippen LogP contribution in [-0.4, -0.2) is 27.0 Å². The summed E-state index contributed by atoms with van der Waals surface area (Å²) < 4.78 is 121. The first kappa shape index (κ1) is 27.2. The lowest BCUT2D eigenvalue weighted by Gasteiger charge is -2.32. The number of benzene rings is 3. The number of nitrogens with zero attached hydrogens (tertiary/aromatic N) is 2. The fourth-order valence-electron chi connectivity index (χ4n) is 4.02. The minimum absolute atomic E-state index is 0.112. The van der Waals surface area contributed by atoms with E-state index >= 15 is 0 Å². The molecule has 0 spiro atoms. The molecule has 0 aliphatic rings. The molecule has 0 saturated heterocycles. The summed E-state index contributed by atoms with van der Waals surface area (Å²) in [7, 11) is 0. The third-order valence-electron chi connectivity index (χ3n) is 5.84. The number of fused-ring (bicyclic) bond motifs is 1. The largest absolute Gasteiger partial charge is 0.430 e. The van der Waals surface area contributed by atoms with Crippen LogP contribution >= 0.6 is 0 Å². The Labute approximate surface area is 207 Å². The van der Waals surface area contributed by atoms with E-state index in [1.165, 1.54) is 6.07 Å². The summed E-state index contributed by atoms with van der Waals surface area (Å²) in [6.07, 6.45) is -17.4. The maximum Gasteiger partial charge on any atom is 0.430 e. The van der Waals surface area contributed by atoms with Crippen molar-refractivity contribution in [1.29, 1.82) is 0 Å². The van der Waals surface area contributed by atoms with Gasteiger partial charge in [0, 0.05) is 12.0 Å². The van der Waals surface area contributed by atoms with E-state index in [0.29, 0.717) is 40.5 Å². The average Bonchev–Trinajstić information content (AvgIpc) is 2.82. The first-order valence-electron chi connectivity index (χ1n) is 10.7. The van der Waals surface area contributed by atoms with Crippen LogP contribution in [0.25, 0.3) is 16.6 Å². The molecule has 4 rings (SSSR count). The van der Waals surface area contributed by atoms with Crippen molar-refractivity contribution in [3.05, 3.63) is 106 Å². The van der Waals surface area contributed by atoms with Crippen LogP contribution in [0.3, 0.4) is 0 Å². The van der Waals surface area contributed by atoms with Crippen LogP contribution in [0.4, 0.5) is 39.5 Å². The van der Waals surface area contributed by atoms with Gasteiger partial charge in [-0.2, -0.15) is 39.5 Å². The van der Waals surface area contributed by atoms with Crippen LogP contribution in [0.15, 0.2) is 77.6 Å². The molecule has 1 aromatic heterocycles. The number of hydrogen-bond donors (Lipinski definition) is 1. The van der Waals surface area contributed by atoms with Gasteiger partial charge in [0.15, 0.2) is 0 Å². The topological polar surface area (TPSA) is 55.1 Å². The lowest BCUT2D eigenvalue weighted by Crippen LogP contribution is -2.53. The summed E-state index contributed by atoms with van der Waals surface area (Å²) >= 11 is 0. The summed E-state index contributed by atoms with van der Waals surface area (Å²) in [4.78, 5) is 17.6. The Bertz CT molecular complexity index is 1510. The first-order valence-corrected chi connectivity index (χ1v) is 10.7. The van der Waals surface area contributed by atoms with Gasteiger partial charge in [-0.1, -0.05) is 48.5 Å². The fourth-order valence-corrected chi connectivity index (χ4v) is 4.02. The van der Waals surface area contributed by atoms with Crippen molar-refractivity contribution in [1.82, 2.24) is 9.55 Å². The monoisotopic (exact) mass is 546 g/mol. The SMILES string of the molecule is O=c1c2c(C(F)(F)F)cccc2nc(Cc2ccccc2)n1-c1ccc(C(O)(C(F)(F)F)C(F)(F)F)cc1. The Hall–Kier alpha value is -3.87. The van der Waals surface area contributed by atoms with E-state index in [-0.39, 0.29) is 23.4 Å². The Morgan fingerprint density at radius 2 is 1.32 bits per heavy atom. The number of hydrogen-bond acceptors (Lipinski definition) is 3. The molecule has 0 saturated carbocycles. The van der Waals surface area contributed by atoms with Crippen LogP contribution in [0.5, 0.6) is 0 Å². The van der Waals surface area contributed by atoms with Gasteiger partial charge in [-0.3, -0.25) is 9.36 Å². The maximum absolute atomic E-state index is 13.7. The predicted molar refractivity (Wildman–Crippen MR) is 118 cm³/mol. The van der Waals surface area contributed by atoms with Gasteiger partial charge >= 0.3 is 18.5 Å². The lowest BCUT2D eigenvalue weighted by atomic mass is 9.92. The second-order valence-corrected chi connectivity index (χ2v) is 8.28. The van der Waals surface area contributed by atoms with Gasteiger partial charge in [0.25, 0.3) is 11.2 Å². The molecule has 38 heavy (non-hydrogen) atoms. The highest BCUT2D eigenvalue weighted by Gasteiger charge is 2.71. The molecular weight excluding hydrogens is 531 g/mol. The lowest BCUT2D eigenvalue weighted by molar-refractivity contribution is -0.376. The smallest absolute Gasteiger partial charge is 0.369 e. The molecule has 0 aliphatic heterocycles. The summed E-state index contributed by atoms with van der Waals surface area (Å²) in [5.74, 6) is -0.123. The number of aliphatic hydroxyl groups is 1. The molecular formula is C25H15F9N2O2. The Kier molecular flexibility index (Phi) is 6.54. The van der Waals surface area contributed by atoms with Crippen molar-refractivity contribution in [3.8, 4) is 5.69 Å². The van der Waals surface area contributed by atoms with Gasteiger partial charge in [0.2, 0.25) is 0 Å². The molecule has 4 aromatic rings. The highest BCUT2D eigenvalue weighted by Crippen LogP contribution is 2.50. The summed E-state index contributed by atoms with van der Waals surface area (Å²) in [6.45, 7) is 0. The molecule has 0 bridgehead atoms. The molecule has 0 radical (unpaired) electrons. The number of rotatable bonds is 4. The molecule has 1 heterocycles. The average molecular weight is 546 g/mol. The molecule has 4 nitrogen and oxygen atoms in total. The van der Waals surface area contributed by atoms with Crippen LogP contribution in [-0.2, 0) is 18.2 Å². The Morgan fingerprint density at radius 3 is 1.84 bits per heavy atom. The van der Waals surface area contributed by atoms with Gasteiger partial charge < -0.3 is 5.11 Å². The van der Waals surface area contributed by atoms with E-state index in [1.54, 1.807) is 30.3 Å². The summed E-state index contributed by atoms with van der Waals surface area (Å²) in [6, 6.07) is 13.0. The van der Waals surface area contributed by atoms with Gasteiger partial charge in [-0.25, -0.2) is 4.98 Å². The third kappa shape index (κ3) is 4.62. The van der Waals surface area contributed by atoms with Gasteiger partial charge in [-0.15, -0.1) is 0 Å². The van der Waals surface area contributed by atoms with Gasteiger partial charge in [0.05, 0.1) is 22.2 Å². The van der Waals surface area contributed by atoms with E-state index in [2.05, 4.69) is 4.98 Å². The molecule has 0 amide bonds. The number of alkyl halides is 9. The van der Waals surface area contributed by atoms with Gasteiger partial charge in [-0.05, 0) is 29.8 Å². The molecule has 0 unspecified atom stereocenters.